The van der Waals surface area contributed by atoms with E-state index in [0.29, 0.717) is 62.1 Å². The minimum atomic E-state index is -1.30. The van der Waals surface area contributed by atoms with Gasteiger partial charge < -0.3 is 29.0 Å². The Bertz CT molecular complexity index is 2220. The molecule has 1 fully saturated rings. The molecule has 1 amide bonds. The van der Waals surface area contributed by atoms with Gasteiger partial charge in [-0.1, -0.05) is 79.2 Å². The van der Waals surface area contributed by atoms with E-state index in [1.807, 2.05) is 59.5 Å². The molecule has 1 aromatic heterocycles. The third-order valence-corrected chi connectivity index (χ3v) is 12.5. The number of fused-ring (bicyclic) bond motifs is 9. The van der Waals surface area contributed by atoms with Crippen LogP contribution in [0, 0.1) is 5.41 Å². The number of ketones is 1. The molecule has 4 aromatic carbocycles. The average Bonchev–Trinajstić information content (AvgIpc) is 3.83. The van der Waals surface area contributed by atoms with E-state index in [0.717, 1.165) is 39.4 Å². The summed E-state index contributed by atoms with van der Waals surface area (Å²) in [5, 5.41) is 26.4. The second kappa shape index (κ2) is 16.5. The monoisotopic (exact) mass is 755 g/mol. The molecular weight excluding hydrogens is 703 g/mol. The highest BCUT2D eigenvalue weighted by molar-refractivity contribution is 6.08. The van der Waals surface area contributed by atoms with Crippen molar-refractivity contribution in [1.29, 1.82) is 0 Å². The molecule has 0 radical (unpaired) electrons. The lowest BCUT2D eigenvalue weighted by Gasteiger charge is -2.46. The third kappa shape index (κ3) is 7.91. The van der Waals surface area contributed by atoms with Gasteiger partial charge in [0, 0.05) is 17.5 Å². The van der Waals surface area contributed by atoms with Crippen molar-refractivity contribution < 1.29 is 33.7 Å². The zero-order valence-corrected chi connectivity index (χ0v) is 32.9. The molecule has 8 rings (SSSR count). The first-order valence-corrected chi connectivity index (χ1v) is 19.7. The predicted octanol–water partition coefficient (Wildman–Crippen LogP) is 8.99. The highest BCUT2D eigenvalue weighted by Gasteiger charge is 2.57. The van der Waals surface area contributed by atoms with Gasteiger partial charge in [0.1, 0.15) is 0 Å². The number of ether oxygens (including phenoxy) is 2. The molecule has 8 heteroatoms. The lowest BCUT2D eigenvalue weighted by Crippen LogP contribution is -2.53. The SMILES string of the molecule is COc1ccc(CC(=O)N(Cc2cccc3ccccc23)CC2(O)CCC3c4ccc(cc4C(=O)c4ccco4)CC(O)CCC(C)=CCCC32C)cc1OC. The van der Waals surface area contributed by atoms with Gasteiger partial charge in [0.25, 0.3) is 0 Å². The van der Waals surface area contributed by atoms with Crippen LogP contribution in [0.15, 0.2) is 113 Å². The first kappa shape index (κ1) is 39.1. The summed E-state index contributed by atoms with van der Waals surface area (Å²) in [5.41, 5.74) is 3.23. The van der Waals surface area contributed by atoms with E-state index < -0.39 is 17.1 Å². The van der Waals surface area contributed by atoms with Gasteiger partial charge in [-0.15, -0.1) is 0 Å². The number of amides is 1. The molecule has 2 bridgehead atoms. The number of hydrogen-bond donors (Lipinski definition) is 2. The summed E-state index contributed by atoms with van der Waals surface area (Å²) in [6.07, 6.45) is 7.52. The van der Waals surface area contributed by atoms with E-state index >= 15 is 0 Å². The maximum atomic E-state index is 14.7. The van der Waals surface area contributed by atoms with Crippen LogP contribution >= 0.6 is 0 Å². The molecule has 8 nitrogen and oxygen atoms in total. The van der Waals surface area contributed by atoms with Crippen molar-refractivity contribution in [3.8, 4) is 11.5 Å². The third-order valence-electron chi connectivity index (χ3n) is 12.5. The first-order valence-electron chi connectivity index (χ1n) is 19.7. The second-order valence-electron chi connectivity index (χ2n) is 16.0. The van der Waals surface area contributed by atoms with Crippen LogP contribution in [0.3, 0.4) is 0 Å². The fraction of sp³-hybridized carbons (Fsp3) is 0.375. The molecule has 4 atom stereocenters. The number of hydrogen-bond acceptors (Lipinski definition) is 7. The van der Waals surface area contributed by atoms with Crippen LogP contribution < -0.4 is 9.47 Å². The van der Waals surface area contributed by atoms with Crippen LogP contribution in [0.4, 0.5) is 0 Å². The van der Waals surface area contributed by atoms with Crippen molar-refractivity contribution in [1.82, 2.24) is 4.90 Å². The van der Waals surface area contributed by atoms with Gasteiger partial charge in [0.15, 0.2) is 17.3 Å². The van der Waals surface area contributed by atoms with Crippen LogP contribution in [-0.4, -0.2) is 59.3 Å². The molecule has 3 aliphatic carbocycles. The topological polar surface area (TPSA) is 109 Å². The number of furan rings is 1. The molecule has 0 spiro atoms. The molecule has 5 aromatic rings. The fourth-order valence-electron chi connectivity index (χ4n) is 9.20. The number of aliphatic hydroxyl groups excluding tert-OH is 1. The normalized spacial score (nSPS) is 22.6. The number of nitrogens with zero attached hydrogens (tertiary/aromatic N) is 1. The zero-order chi connectivity index (χ0) is 39.5. The summed E-state index contributed by atoms with van der Waals surface area (Å²) in [5.74, 6) is 0.857. The van der Waals surface area contributed by atoms with Crippen LogP contribution in [-0.2, 0) is 24.2 Å². The molecule has 0 aliphatic heterocycles. The number of benzene rings is 4. The van der Waals surface area contributed by atoms with Crippen LogP contribution in [0.5, 0.6) is 11.5 Å². The van der Waals surface area contributed by atoms with Crippen LogP contribution in [0.1, 0.15) is 96.7 Å². The van der Waals surface area contributed by atoms with Crippen LogP contribution in [0.2, 0.25) is 0 Å². The number of allylic oxidation sites excluding steroid dienone is 2. The highest BCUT2D eigenvalue weighted by atomic mass is 16.5. The summed E-state index contributed by atoms with van der Waals surface area (Å²) >= 11 is 0. The lowest BCUT2D eigenvalue weighted by atomic mass is 9.64. The predicted molar refractivity (Wildman–Crippen MR) is 218 cm³/mol. The highest BCUT2D eigenvalue weighted by Crippen LogP contribution is 2.59. The minimum Gasteiger partial charge on any atom is -0.493 e. The van der Waals surface area contributed by atoms with Crippen molar-refractivity contribution in [2.75, 3.05) is 20.8 Å². The van der Waals surface area contributed by atoms with Gasteiger partial charge in [0.05, 0.1) is 45.2 Å². The smallest absolute Gasteiger partial charge is 0.228 e. The summed E-state index contributed by atoms with van der Waals surface area (Å²) in [4.78, 5) is 30.7. The van der Waals surface area contributed by atoms with E-state index in [-0.39, 0.29) is 36.3 Å². The largest absolute Gasteiger partial charge is 0.493 e. The Morgan fingerprint density at radius 2 is 1.71 bits per heavy atom. The van der Waals surface area contributed by atoms with E-state index in [9.17, 15) is 19.8 Å². The molecule has 3 aliphatic rings. The first-order chi connectivity index (χ1) is 27.0. The molecular formula is C48H53NO7. The Kier molecular flexibility index (Phi) is 11.5. The maximum absolute atomic E-state index is 14.7. The van der Waals surface area contributed by atoms with Crippen LogP contribution in [0.25, 0.3) is 10.8 Å². The minimum absolute atomic E-state index is 0.110. The Morgan fingerprint density at radius 1 is 0.911 bits per heavy atom. The molecule has 1 heterocycles. The van der Waals surface area contributed by atoms with Gasteiger partial charge in [-0.3, -0.25) is 9.59 Å². The van der Waals surface area contributed by atoms with Gasteiger partial charge in [-0.05, 0) is 121 Å². The van der Waals surface area contributed by atoms with Gasteiger partial charge in [0.2, 0.25) is 11.7 Å². The van der Waals surface area contributed by atoms with E-state index in [4.69, 9.17) is 13.9 Å². The molecule has 1 saturated carbocycles. The number of carbonyl (C=O) groups excluding carboxylic acids is 2. The summed E-state index contributed by atoms with van der Waals surface area (Å²) < 4.78 is 16.6. The standard InChI is InChI=1S/C48H53NO7/c1-32-10-8-23-47(2)41(39-20-17-33(26-37(50)19-16-32)27-40(39)46(52)43-15-9-25-56-43)22-24-48(47,53)31-49(30-36-13-7-12-35-11-5-6-14-38(35)36)45(51)29-34-18-21-42(54-3)44(28-34)55-4/h5-7,9-15,17-18,20-21,25,27-28,37,41,50,53H,8,16,19,22-24,26,29-31H2,1-4H3. The van der Waals surface area contributed by atoms with Gasteiger partial charge in [-0.2, -0.15) is 0 Å². The lowest BCUT2D eigenvalue weighted by molar-refractivity contribution is -0.140. The Labute approximate surface area is 329 Å². The fourth-order valence-corrected chi connectivity index (χ4v) is 9.20. The second-order valence-corrected chi connectivity index (χ2v) is 16.0. The van der Waals surface area contributed by atoms with E-state index in [2.05, 4.69) is 44.2 Å². The molecule has 56 heavy (non-hydrogen) atoms. The van der Waals surface area contributed by atoms with E-state index in [1.165, 1.54) is 11.8 Å². The van der Waals surface area contributed by atoms with Gasteiger partial charge in [-0.25, -0.2) is 0 Å². The molecule has 2 N–H and O–H groups in total. The van der Waals surface area contributed by atoms with Crippen molar-refractivity contribution in [3.05, 3.63) is 142 Å². The number of rotatable bonds is 10. The molecule has 292 valence electrons. The molecule has 0 saturated heterocycles. The van der Waals surface area contributed by atoms with Crippen molar-refractivity contribution >= 4 is 22.5 Å². The van der Waals surface area contributed by atoms with Crippen molar-refractivity contribution in [2.24, 2.45) is 5.41 Å². The number of aliphatic hydroxyl groups is 2. The number of methoxy groups -OCH3 is 2. The Balaban J connectivity index is 1.30. The summed E-state index contributed by atoms with van der Waals surface area (Å²) in [6, 6.07) is 29.2. The number of carbonyl (C=O) groups is 2. The Morgan fingerprint density at radius 3 is 2.50 bits per heavy atom. The van der Waals surface area contributed by atoms with Crippen molar-refractivity contribution in [2.45, 2.75) is 89.4 Å². The zero-order valence-electron chi connectivity index (χ0n) is 32.9. The molecule has 4 unspecified atom stereocenters. The maximum Gasteiger partial charge on any atom is 0.228 e. The average molecular weight is 756 g/mol. The Hall–Kier alpha value is -5.18. The van der Waals surface area contributed by atoms with Gasteiger partial charge >= 0.3 is 0 Å². The summed E-state index contributed by atoms with van der Waals surface area (Å²) in [7, 11) is 3.16. The quantitative estimate of drug-likeness (QED) is 0.108. The van der Waals surface area contributed by atoms with E-state index in [1.54, 1.807) is 26.4 Å². The summed E-state index contributed by atoms with van der Waals surface area (Å²) in [6.45, 7) is 4.68. The van der Waals surface area contributed by atoms with Crippen molar-refractivity contribution in [3.63, 3.8) is 0 Å².